The molecule has 7 heteroatoms. The molecule has 136 valence electrons. The predicted molar refractivity (Wildman–Crippen MR) is 102 cm³/mol. The van der Waals surface area contributed by atoms with Crippen LogP contribution in [-0.2, 0) is 11.2 Å². The van der Waals surface area contributed by atoms with Crippen molar-refractivity contribution < 1.29 is 4.79 Å². The maximum absolute atomic E-state index is 12.7. The van der Waals surface area contributed by atoms with Crippen molar-refractivity contribution in [2.75, 3.05) is 24.5 Å². The molecule has 0 saturated carbocycles. The van der Waals surface area contributed by atoms with Crippen LogP contribution in [0.2, 0.25) is 0 Å². The highest BCUT2D eigenvalue weighted by molar-refractivity contribution is 7.12. The number of nitriles is 1. The highest BCUT2D eigenvalue weighted by Crippen LogP contribution is 2.25. The fourth-order valence-electron chi connectivity index (χ4n) is 3.12. The lowest BCUT2D eigenvalue weighted by Crippen LogP contribution is -2.54. The zero-order valence-electron chi connectivity index (χ0n) is 15.3. The van der Waals surface area contributed by atoms with Crippen LogP contribution in [0.4, 0.5) is 5.82 Å². The largest absolute Gasteiger partial charge is 0.349 e. The number of rotatable bonds is 4. The number of aromatic nitrogens is 2. The molecule has 1 aliphatic rings. The second kappa shape index (κ2) is 7.83. The summed E-state index contributed by atoms with van der Waals surface area (Å²) in [7, 11) is 0. The average molecular weight is 369 g/mol. The van der Waals surface area contributed by atoms with Crippen LogP contribution in [0.5, 0.6) is 0 Å². The van der Waals surface area contributed by atoms with E-state index in [-0.39, 0.29) is 11.9 Å². The van der Waals surface area contributed by atoms with Gasteiger partial charge in [0.25, 0.3) is 0 Å². The van der Waals surface area contributed by atoms with Gasteiger partial charge in [-0.15, -0.1) is 21.5 Å². The number of carbonyl (C=O) groups is 1. The Morgan fingerprint density at radius 3 is 2.69 bits per heavy atom. The van der Waals surface area contributed by atoms with E-state index in [1.54, 1.807) is 17.4 Å². The van der Waals surface area contributed by atoms with Crippen LogP contribution in [0, 0.1) is 11.3 Å². The van der Waals surface area contributed by atoms with Gasteiger partial charge in [0.1, 0.15) is 6.07 Å². The van der Waals surface area contributed by atoms with Gasteiger partial charge in [-0.25, -0.2) is 0 Å². The van der Waals surface area contributed by atoms with Gasteiger partial charge in [0.2, 0.25) is 5.91 Å². The number of piperazine rings is 1. The third kappa shape index (κ3) is 4.02. The summed E-state index contributed by atoms with van der Waals surface area (Å²) in [6, 6.07) is 9.83. The van der Waals surface area contributed by atoms with Gasteiger partial charge in [0, 0.05) is 35.4 Å². The standard InChI is InChI=1S/C19H23N5OS/c1-13(2)17-6-5-16(26-17)10-19(25)23-8-9-24(14(3)12-23)18-7-4-15(11-20)21-22-18/h4-7,13-14H,8-10,12H2,1-3H3/t14-/m0/s1. The Hall–Kier alpha value is -2.46. The third-order valence-corrected chi connectivity index (χ3v) is 6.00. The van der Waals surface area contributed by atoms with E-state index in [0.717, 1.165) is 17.2 Å². The summed E-state index contributed by atoms with van der Waals surface area (Å²) >= 11 is 1.73. The first-order valence-corrected chi connectivity index (χ1v) is 9.66. The summed E-state index contributed by atoms with van der Waals surface area (Å²) in [6.07, 6.45) is 0.473. The second-order valence-corrected chi connectivity index (χ2v) is 8.11. The molecule has 1 aliphatic heterocycles. The van der Waals surface area contributed by atoms with Crippen LogP contribution in [0.25, 0.3) is 0 Å². The molecule has 3 heterocycles. The molecule has 0 radical (unpaired) electrons. The van der Waals surface area contributed by atoms with E-state index in [2.05, 4.69) is 48.0 Å². The molecule has 0 spiro atoms. The van der Waals surface area contributed by atoms with E-state index < -0.39 is 0 Å². The molecule has 1 amide bonds. The summed E-state index contributed by atoms with van der Waals surface area (Å²) in [5.74, 6) is 1.43. The van der Waals surface area contributed by atoms with E-state index in [0.29, 0.717) is 31.1 Å². The second-order valence-electron chi connectivity index (χ2n) is 6.91. The summed E-state index contributed by atoms with van der Waals surface area (Å²) in [6.45, 7) is 8.49. The third-order valence-electron chi connectivity index (χ3n) is 4.62. The van der Waals surface area contributed by atoms with Crippen LogP contribution >= 0.6 is 11.3 Å². The van der Waals surface area contributed by atoms with E-state index in [1.807, 2.05) is 17.0 Å². The molecule has 0 bridgehead atoms. The van der Waals surface area contributed by atoms with Crippen LogP contribution < -0.4 is 4.90 Å². The highest BCUT2D eigenvalue weighted by Gasteiger charge is 2.28. The van der Waals surface area contributed by atoms with Gasteiger partial charge in [-0.05, 0) is 37.1 Å². The Morgan fingerprint density at radius 2 is 2.12 bits per heavy atom. The molecule has 0 aliphatic carbocycles. The zero-order valence-corrected chi connectivity index (χ0v) is 16.2. The van der Waals surface area contributed by atoms with Crippen LogP contribution in [0.3, 0.4) is 0 Å². The molecule has 0 aromatic carbocycles. The molecule has 2 aromatic heterocycles. The number of carbonyl (C=O) groups excluding carboxylic acids is 1. The lowest BCUT2D eigenvalue weighted by Gasteiger charge is -2.40. The summed E-state index contributed by atoms with van der Waals surface area (Å²) in [4.78, 5) is 19.2. The quantitative estimate of drug-likeness (QED) is 0.828. The van der Waals surface area contributed by atoms with Crippen molar-refractivity contribution in [1.29, 1.82) is 5.26 Å². The van der Waals surface area contributed by atoms with Crippen LogP contribution in [0.15, 0.2) is 24.3 Å². The minimum atomic E-state index is 0.157. The van der Waals surface area contributed by atoms with Gasteiger partial charge in [0.05, 0.1) is 6.42 Å². The molecule has 1 saturated heterocycles. The topological polar surface area (TPSA) is 73.1 Å². The molecule has 1 atom stereocenters. The van der Waals surface area contributed by atoms with Crippen molar-refractivity contribution in [3.63, 3.8) is 0 Å². The van der Waals surface area contributed by atoms with E-state index >= 15 is 0 Å². The maximum Gasteiger partial charge on any atom is 0.227 e. The Morgan fingerprint density at radius 1 is 1.31 bits per heavy atom. The van der Waals surface area contributed by atoms with Gasteiger partial charge >= 0.3 is 0 Å². The lowest BCUT2D eigenvalue weighted by molar-refractivity contribution is -0.131. The van der Waals surface area contributed by atoms with Crippen LogP contribution in [-0.4, -0.2) is 46.7 Å². The molecule has 3 rings (SSSR count). The molecule has 6 nitrogen and oxygen atoms in total. The number of nitrogens with zero attached hydrogens (tertiary/aromatic N) is 5. The number of hydrogen-bond donors (Lipinski definition) is 0. The number of anilines is 1. The minimum Gasteiger partial charge on any atom is -0.349 e. The van der Waals surface area contributed by atoms with Crippen molar-refractivity contribution in [3.05, 3.63) is 39.7 Å². The Balaban J connectivity index is 1.60. The molecule has 0 N–H and O–H groups in total. The highest BCUT2D eigenvalue weighted by atomic mass is 32.1. The monoisotopic (exact) mass is 369 g/mol. The summed E-state index contributed by atoms with van der Waals surface area (Å²) in [5.41, 5.74) is 0.312. The molecular formula is C19H23N5OS. The number of thiophene rings is 1. The summed E-state index contributed by atoms with van der Waals surface area (Å²) < 4.78 is 0. The van der Waals surface area contributed by atoms with E-state index in [1.165, 1.54) is 4.88 Å². The van der Waals surface area contributed by atoms with Crippen molar-refractivity contribution in [2.24, 2.45) is 0 Å². The van der Waals surface area contributed by atoms with Crippen molar-refractivity contribution in [2.45, 2.75) is 39.2 Å². The number of hydrogen-bond acceptors (Lipinski definition) is 6. The normalized spacial score (nSPS) is 17.4. The van der Waals surface area contributed by atoms with Crippen molar-refractivity contribution in [3.8, 4) is 6.07 Å². The minimum absolute atomic E-state index is 0.157. The first kappa shape index (κ1) is 18.3. The first-order valence-electron chi connectivity index (χ1n) is 8.84. The SMILES string of the molecule is CC(C)c1ccc(CC(=O)N2CCN(c3ccc(C#N)nn3)[C@@H](C)C2)s1. The first-order chi connectivity index (χ1) is 12.5. The van der Waals surface area contributed by atoms with Gasteiger partial charge in [0.15, 0.2) is 11.5 Å². The Labute approximate surface area is 158 Å². The fraction of sp³-hybridized carbons (Fsp3) is 0.474. The van der Waals surface area contributed by atoms with Gasteiger partial charge in [-0.1, -0.05) is 13.8 Å². The zero-order chi connectivity index (χ0) is 18.7. The van der Waals surface area contributed by atoms with Gasteiger partial charge in [-0.2, -0.15) is 5.26 Å². The van der Waals surface area contributed by atoms with Gasteiger partial charge in [-0.3, -0.25) is 4.79 Å². The van der Waals surface area contributed by atoms with Crippen LogP contribution in [0.1, 0.15) is 42.1 Å². The predicted octanol–water partition coefficient (Wildman–Crippen LogP) is 2.81. The fourth-order valence-corrected chi connectivity index (χ4v) is 4.13. The number of amides is 1. The van der Waals surface area contributed by atoms with Crippen molar-refractivity contribution >= 4 is 23.1 Å². The van der Waals surface area contributed by atoms with E-state index in [9.17, 15) is 4.79 Å². The Bertz CT molecular complexity index is 808. The molecule has 1 fully saturated rings. The lowest BCUT2D eigenvalue weighted by atomic mass is 10.1. The van der Waals surface area contributed by atoms with E-state index in [4.69, 9.17) is 5.26 Å². The molecule has 26 heavy (non-hydrogen) atoms. The summed E-state index contributed by atoms with van der Waals surface area (Å²) in [5, 5.41) is 16.9. The molecule has 0 unspecified atom stereocenters. The van der Waals surface area contributed by atoms with Crippen molar-refractivity contribution in [1.82, 2.24) is 15.1 Å². The molecule has 2 aromatic rings. The smallest absolute Gasteiger partial charge is 0.227 e. The molecular weight excluding hydrogens is 346 g/mol. The maximum atomic E-state index is 12.7. The van der Waals surface area contributed by atoms with Gasteiger partial charge < -0.3 is 9.80 Å². The Kier molecular flexibility index (Phi) is 5.52. The average Bonchev–Trinajstić information content (AvgIpc) is 3.10.